The van der Waals surface area contributed by atoms with E-state index in [1.54, 1.807) is 50.4 Å². The van der Waals surface area contributed by atoms with Crippen LogP contribution in [0.5, 0.6) is 5.75 Å². The van der Waals surface area contributed by atoms with Crippen LogP contribution in [0, 0.1) is 6.92 Å². The van der Waals surface area contributed by atoms with Gasteiger partial charge in [0.2, 0.25) is 21.7 Å². The van der Waals surface area contributed by atoms with Gasteiger partial charge >= 0.3 is 0 Å². The summed E-state index contributed by atoms with van der Waals surface area (Å²) in [4.78, 5) is 4.53. The number of hydrogen-bond acceptors (Lipinski definition) is 6. The highest BCUT2D eigenvalue weighted by atomic mass is 35.5. The fourth-order valence-corrected chi connectivity index (χ4v) is 4.64. The van der Waals surface area contributed by atoms with Gasteiger partial charge < -0.3 is 9.26 Å². The first-order valence-corrected chi connectivity index (χ1v) is 11.2. The first-order chi connectivity index (χ1) is 14.1. The molecule has 0 saturated carbocycles. The molecule has 0 radical (unpaired) electrons. The number of aryl methyl sites for hydroxylation is 1. The molecule has 0 saturated heterocycles. The van der Waals surface area contributed by atoms with Crippen LogP contribution in [0.15, 0.2) is 45.8 Å². The number of sulfonamides is 1. The molecule has 0 unspecified atom stereocenters. The number of hydrogen-bond donors (Lipinski definition) is 0. The standard InChI is InChI=1S/C21H24ClN3O4S/c1-13(2)17-11-19(14(3)9-18(17)28-5)30(26,27)25(4)12-20-23-21(24-29-20)15-7-6-8-16(22)10-15/h6-11,13H,12H2,1-5H3. The van der Waals surface area contributed by atoms with Crippen LogP contribution in [0.3, 0.4) is 0 Å². The molecule has 7 nitrogen and oxygen atoms in total. The van der Waals surface area contributed by atoms with Crippen molar-refractivity contribution >= 4 is 21.6 Å². The highest BCUT2D eigenvalue weighted by molar-refractivity contribution is 7.89. The number of aromatic nitrogens is 2. The molecule has 0 aliphatic carbocycles. The van der Waals surface area contributed by atoms with E-state index in [0.717, 1.165) is 5.56 Å². The normalized spacial score (nSPS) is 12.0. The lowest BCUT2D eigenvalue weighted by Gasteiger charge is -2.20. The Labute approximate surface area is 181 Å². The molecular weight excluding hydrogens is 426 g/mol. The molecule has 0 N–H and O–H groups in total. The van der Waals surface area contributed by atoms with Crippen LogP contribution in [-0.2, 0) is 16.6 Å². The zero-order valence-corrected chi connectivity index (χ0v) is 19.1. The van der Waals surface area contributed by atoms with Crippen molar-refractivity contribution in [3.63, 3.8) is 0 Å². The topological polar surface area (TPSA) is 85.5 Å². The van der Waals surface area contributed by atoms with Crippen LogP contribution < -0.4 is 4.74 Å². The third kappa shape index (κ3) is 4.50. The van der Waals surface area contributed by atoms with E-state index in [-0.39, 0.29) is 23.2 Å². The number of halogens is 1. The van der Waals surface area contributed by atoms with Crippen molar-refractivity contribution in [2.24, 2.45) is 0 Å². The van der Waals surface area contributed by atoms with Gasteiger partial charge in [0.25, 0.3) is 0 Å². The maximum atomic E-state index is 13.2. The van der Waals surface area contributed by atoms with E-state index in [1.165, 1.54) is 11.4 Å². The molecule has 3 rings (SSSR count). The molecule has 9 heteroatoms. The maximum absolute atomic E-state index is 13.2. The highest BCUT2D eigenvalue weighted by Crippen LogP contribution is 2.33. The Morgan fingerprint density at radius 3 is 2.60 bits per heavy atom. The highest BCUT2D eigenvalue weighted by Gasteiger charge is 2.27. The molecule has 0 bridgehead atoms. The SMILES string of the molecule is COc1cc(C)c(S(=O)(=O)N(C)Cc2nc(-c3cccc(Cl)c3)no2)cc1C(C)C. The molecule has 0 fully saturated rings. The van der Waals surface area contributed by atoms with E-state index in [2.05, 4.69) is 10.1 Å². The lowest BCUT2D eigenvalue weighted by Crippen LogP contribution is -2.27. The number of rotatable bonds is 7. The number of benzene rings is 2. The third-order valence-electron chi connectivity index (χ3n) is 4.75. The average molecular weight is 450 g/mol. The van der Waals surface area contributed by atoms with Crippen LogP contribution in [0.4, 0.5) is 0 Å². The number of nitrogens with zero attached hydrogens (tertiary/aromatic N) is 3. The zero-order valence-electron chi connectivity index (χ0n) is 17.5. The van der Waals surface area contributed by atoms with Crippen LogP contribution in [0.2, 0.25) is 5.02 Å². The van der Waals surface area contributed by atoms with E-state index in [4.69, 9.17) is 20.9 Å². The Morgan fingerprint density at radius 1 is 1.23 bits per heavy atom. The Balaban J connectivity index is 1.88. The van der Waals surface area contributed by atoms with Crippen LogP contribution >= 0.6 is 11.6 Å². The summed E-state index contributed by atoms with van der Waals surface area (Å²) >= 11 is 6.00. The fraction of sp³-hybridized carbons (Fsp3) is 0.333. The maximum Gasteiger partial charge on any atom is 0.243 e. The van der Waals surface area contributed by atoms with Crippen molar-refractivity contribution in [3.05, 3.63) is 58.4 Å². The second-order valence-electron chi connectivity index (χ2n) is 7.30. The molecule has 1 aromatic heterocycles. The van der Waals surface area contributed by atoms with Gasteiger partial charge in [-0.1, -0.05) is 42.7 Å². The van der Waals surface area contributed by atoms with Gasteiger partial charge in [-0.3, -0.25) is 0 Å². The van der Waals surface area contributed by atoms with Gasteiger partial charge in [-0.15, -0.1) is 0 Å². The zero-order chi connectivity index (χ0) is 22.1. The third-order valence-corrected chi connectivity index (χ3v) is 6.93. The van der Waals surface area contributed by atoms with Crippen molar-refractivity contribution in [2.75, 3.05) is 14.2 Å². The van der Waals surface area contributed by atoms with Gasteiger partial charge in [-0.05, 0) is 48.2 Å². The Hall–Kier alpha value is -2.42. The molecule has 3 aromatic rings. The summed E-state index contributed by atoms with van der Waals surface area (Å²) in [6, 6.07) is 10.5. The summed E-state index contributed by atoms with van der Waals surface area (Å²) in [7, 11) is -0.721. The lowest BCUT2D eigenvalue weighted by molar-refractivity contribution is 0.336. The van der Waals surface area contributed by atoms with E-state index < -0.39 is 10.0 Å². The molecule has 2 aromatic carbocycles. The molecular formula is C21H24ClN3O4S. The van der Waals surface area contributed by atoms with Crippen molar-refractivity contribution in [1.82, 2.24) is 14.4 Å². The van der Waals surface area contributed by atoms with Gasteiger partial charge in [0.1, 0.15) is 5.75 Å². The number of methoxy groups -OCH3 is 1. The van der Waals surface area contributed by atoms with E-state index in [1.807, 2.05) is 13.8 Å². The summed E-state index contributed by atoms with van der Waals surface area (Å²) in [5.41, 5.74) is 2.12. The van der Waals surface area contributed by atoms with Crippen molar-refractivity contribution in [2.45, 2.75) is 38.1 Å². The Bertz CT molecular complexity index is 1160. The predicted octanol–water partition coefficient (Wildman–Crippen LogP) is 4.65. The molecule has 160 valence electrons. The smallest absolute Gasteiger partial charge is 0.243 e. The summed E-state index contributed by atoms with van der Waals surface area (Å²) in [5.74, 6) is 1.32. The van der Waals surface area contributed by atoms with Crippen molar-refractivity contribution < 1.29 is 17.7 Å². The van der Waals surface area contributed by atoms with Crippen molar-refractivity contribution in [1.29, 1.82) is 0 Å². The van der Waals surface area contributed by atoms with E-state index in [0.29, 0.717) is 27.7 Å². The predicted molar refractivity (Wildman–Crippen MR) is 115 cm³/mol. The molecule has 1 heterocycles. The van der Waals surface area contributed by atoms with Crippen molar-refractivity contribution in [3.8, 4) is 17.1 Å². The van der Waals surface area contributed by atoms with E-state index in [9.17, 15) is 8.42 Å². The molecule has 0 aliphatic rings. The minimum Gasteiger partial charge on any atom is -0.496 e. The van der Waals surface area contributed by atoms with Gasteiger partial charge in [0.15, 0.2) is 0 Å². The minimum atomic E-state index is -3.78. The second kappa shape index (κ2) is 8.75. The van der Waals surface area contributed by atoms with Crippen LogP contribution in [-0.4, -0.2) is 37.0 Å². The Kier molecular flexibility index (Phi) is 6.50. The van der Waals surface area contributed by atoms with Crippen LogP contribution in [0.25, 0.3) is 11.4 Å². The second-order valence-corrected chi connectivity index (χ2v) is 9.75. The average Bonchev–Trinajstić information content (AvgIpc) is 3.15. The molecule has 0 amide bonds. The minimum absolute atomic E-state index is 0.0572. The largest absolute Gasteiger partial charge is 0.496 e. The van der Waals surface area contributed by atoms with Gasteiger partial charge in [-0.25, -0.2) is 8.42 Å². The molecule has 0 atom stereocenters. The summed E-state index contributed by atoms with van der Waals surface area (Å²) in [6.07, 6.45) is 0. The number of ether oxygens (including phenoxy) is 1. The lowest BCUT2D eigenvalue weighted by atomic mass is 10.0. The van der Waals surface area contributed by atoms with Crippen LogP contribution in [0.1, 0.15) is 36.8 Å². The summed E-state index contributed by atoms with van der Waals surface area (Å²) in [6.45, 7) is 5.67. The molecule has 0 spiro atoms. The molecule has 0 aliphatic heterocycles. The fourth-order valence-electron chi connectivity index (χ4n) is 3.09. The summed E-state index contributed by atoms with van der Waals surface area (Å²) in [5, 5.41) is 4.48. The first kappa shape index (κ1) is 22.3. The quantitative estimate of drug-likeness (QED) is 0.521. The van der Waals surface area contributed by atoms with Gasteiger partial charge in [0.05, 0.1) is 18.6 Å². The van der Waals surface area contributed by atoms with Gasteiger partial charge in [0, 0.05) is 17.6 Å². The first-order valence-electron chi connectivity index (χ1n) is 9.37. The van der Waals surface area contributed by atoms with Gasteiger partial charge in [-0.2, -0.15) is 9.29 Å². The Morgan fingerprint density at radius 2 is 1.97 bits per heavy atom. The summed E-state index contributed by atoms with van der Waals surface area (Å²) < 4.78 is 38.3. The monoisotopic (exact) mass is 449 g/mol. The molecule has 30 heavy (non-hydrogen) atoms. The van der Waals surface area contributed by atoms with E-state index >= 15 is 0 Å².